The fourth-order valence-electron chi connectivity index (χ4n) is 2.08. The Labute approximate surface area is 93.4 Å². The van der Waals surface area contributed by atoms with E-state index in [9.17, 15) is 0 Å². The molecule has 0 spiro atoms. The minimum atomic E-state index is 0.791. The lowest BCUT2D eigenvalue weighted by Crippen LogP contribution is -2.12. The van der Waals surface area contributed by atoms with Gasteiger partial charge in [0.1, 0.15) is 5.75 Å². The molecule has 0 saturated heterocycles. The molecule has 2 N–H and O–H groups in total. The van der Waals surface area contributed by atoms with Crippen LogP contribution in [0.25, 0.3) is 0 Å². The van der Waals surface area contributed by atoms with E-state index in [-0.39, 0.29) is 0 Å². The Bertz CT molecular complexity index is 352. The number of hydrogen-bond acceptors (Lipinski definition) is 2. The molecule has 1 aromatic rings. The number of ether oxygens (including phenoxy) is 1. The molecule has 1 aliphatic rings. The summed E-state index contributed by atoms with van der Waals surface area (Å²) in [4.78, 5) is 0. The number of benzene rings is 1. The molecule has 2 rings (SSSR count). The van der Waals surface area contributed by atoms with Gasteiger partial charge in [-0.25, -0.2) is 0 Å². The first-order valence-electron chi connectivity index (χ1n) is 5.56. The van der Waals surface area contributed by atoms with Gasteiger partial charge in [0.15, 0.2) is 0 Å². The molecule has 1 aliphatic heterocycles. The summed E-state index contributed by atoms with van der Waals surface area (Å²) in [5.74, 6) is 0.947. The molecule has 0 aliphatic carbocycles. The first-order valence-corrected chi connectivity index (χ1v) is 6.37. The Kier molecular flexibility index (Phi) is 3.48. The normalized spacial score (nSPS) is 14.5. The molecule has 1 atom stereocenters. The van der Waals surface area contributed by atoms with Crippen molar-refractivity contribution < 1.29 is 4.74 Å². The lowest BCUT2D eigenvalue weighted by molar-refractivity contribution is 0.289. The van der Waals surface area contributed by atoms with Crippen LogP contribution in [0.1, 0.15) is 24.0 Å². The number of nitrogens with two attached hydrogens (primary N) is 1. The van der Waals surface area contributed by atoms with Crippen molar-refractivity contribution in [2.75, 3.05) is 18.5 Å². The number of anilines is 1. The fourth-order valence-corrected chi connectivity index (χ4v) is 2.29. The minimum Gasteiger partial charge on any atom is -0.491 e. The smallest absolute Gasteiger partial charge is 0.145 e. The van der Waals surface area contributed by atoms with Crippen LogP contribution in [0.4, 0.5) is 5.69 Å². The SMILES string of the molecule is Nc1ccc(CCCP)c2c1OCCC2. The zero-order valence-electron chi connectivity index (χ0n) is 8.96. The van der Waals surface area contributed by atoms with Crippen LogP contribution in [0, 0.1) is 0 Å². The van der Waals surface area contributed by atoms with E-state index in [0.717, 1.165) is 43.5 Å². The molecule has 0 bridgehead atoms. The molecule has 0 radical (unpaired) electrons. The predicted octanol–water partition coefficient (Wildman–Crippen LogP) is 2.40. The number of nitrogen functional groups attached to an aromatic ring is 1. The Hall–Kier alpha value is -0.750. The van der Waals surface area contributed by atoms with Gasteiger partial charge in [0.2, 0.25) is 0 Å². The summed E-state index contributed by atoms with van der Waals surface area (Å²) < 4.78 is 5.64. The van der Waals surface area contributed by atoms with Gasteiger partial charge in [-0.05, 0) is 49.0 Å². The highest BCUT2D eigenvalue weighted by atomic mass is 31.0. The first kappa shape index (κ1) is 10.8. The van der Waals surface area contributed by atoms with E-state index in [1.54, 1.807) is 0 Å². The van der Waals surface area contributed by atoms with Crippen LogP contribution in [-0.4, -0.2) is 12.8 Å². The Morgan fingerprint density at radius 2 is 2.27 bits per heavy atom. The molecule has 1 heterocycles. The van der Waals surface area contributed by atoms with E-state index < -0.39 is 0 Å². The van der Waals surface area contributed by atoms with Crippen molar-refractivity contribution in [1.82, 2.24) is 0 Å². The van der Waals surface area contributed by atoms with Crippen molar-refractivity contribution >= 4 is 14.9 Å². The monoisotopic (exact) mass is 223 g/mol. The molecule has 1 aromatic carbocycles. The number of fused-ring (bicyclic) bond motifs is 1. The summed E-state index contributed by atoms with van der Waals surface area (Å²) >= 11 is 0. The van der Waals surface area contributed by atoms with Crippen molar-refractivity contribution in [2.45, 2.75) is 25.7 Å². The van der Waals surface area contributed by atoms with Gasteiger partial charge in [-0.15, -0.1) is 9.24 Å². The topological polar surface area (TPSA) is 35.2 Å². The summed E-state index contributed by atoms with van der Waals surface area (Å²) in [6.45, 7) is 0.810. The van der Waals surface area contributed by atoms with Gasteiger partial charge < -0.3 is 10.5 Å². The van der Waals surface area contributed by atoms with E-state index in [1.807, 2.05) is 6.07 Å². The maximum Gasteiger partial charge on any atom is 0.145 e. The summed E-state index contributed by atoms with van der Waals surface area (Å²) in [6, 6.07) is 4.13. The minimum absolute atomic E-state index is 0.791. The summed E-state index contributed by atoms with van der Waals surface area (Å²) in [5, 5.41) is 0. The van der Waals surface area contributed by atoms with Gasteiger partial charge in [0, 0.05) is 0 Å². The molecule has 82 valence electrons. The van der Waals surface area contributed by atoms with Crippen LogP contribution >= 0.6 is 9.24 Å². The third-order valence-corrected chi connectivity index (χ3v) is 3.26. The molecular weight excluding hydrogens is 205 g/mol. The van der Waals surface area contributed by atoms with Crippen LogP contribution < -0.4 is 10.5 Å². The van der Waals surface area contributed by atoms with Gasteiger partial charge in [-0.1, -0.05) is 6.07 Å². The van der Waals surface area contributed by atoms with Gasteiger partial charge in [-0.3, -0.25) is 0 Å². The standard InChI is InChI=1S/C12H18NOP/c13-11-6-5-9(3-2-8-15)10-4-1-7-14-12(10)11/h5-6H,1-4,7-8,13,15H2. The van der Waals surface area contributed by atoms with Crippen molar-refractivity contribution in [2.24, 2.45) is 0 Å². The van der Waals surface area contributed by atoms with Crippen molar-refractivity contribution in [3.05, 3.63) is 23.3 Å². The lowest BCUT2D eigenvalue weighted by atomic mass is 9.96. The quantitative estimate of drug-likeness (QED) is 0.631. The summed E-state index contributed by atoms with van der Waals surface area (Å²) in [7, 11) is 2.77. The number of hydrogen-bond donors (Lipinski definition) is 1. The van der Waals surface area contributed by atoms with Crippen molar-refractivity contribution in [3.63, 3.8) is 0 Å². The molecule has 2 nitrogen and oxygen atoms in total. The number of rotatable bonds is 3. The van der Waals surface area contributed by atoms with Crippen molar-refractivity contribution in [3.8, 4) is 5.75 Å². The highest BCUT2D eigenvalue weighted by Gasteiger charge is 2.16. The van der Waals surface area contributed by atoms with Crippen LogP contribution in [0.3, 0.4) is 0 Å². The highest BCUT2D eigenvalue weighted by Crippen LogP contribution is 2.34. The zero-order valence-corrected chi connectivity index (χ0v) is 10.1. The maximum atomic E-state index is 5.91. The average molecular weight is 223 g/mol. The Balaban J connectivity index is 2.30. The highest BCUT2D eigenvalue weighted by molar-refractivity contribution is 7.16. The zero-order chi connectivity index (χ0) is 10.7. The third-order valence-electron chi connectivity index (χ3n) is 2.86. The average Bonchev–Trinajstić information content (AvgIpc) is 2.29. The second-order valence-corrected chi connectivity index (χ2v) is 4.54. The molecule has 0 amide bonds. The van der Waals surface area contributed by atoms with Crippen LogP contribution in [0.15, 0.2) is 12.1 Å². The maximum absolute atomic E-state index is 5.91. The van der Waals surface area contributed by atoms with Gasteiger partial charge >= 0.3 is 0 Å². The van der Waals surface area contributed by atoms with E-state index in [4.69, 9.17) is 10.5 Å². The van der Waals surface area contributed by atoms with Crippen LogP contribution in [0.5, 0.6) is 5.75 Å². The van der Waals surface area contributed by atoms with Crippen LogP contribution in [0.2, 0.25) is 0 Å². The largest absolute Gasteiger partial charge is 0.491 e. The Morgan fingerprint density at radius 1 is 1.40 bits per heavy atom. The Morgan fingerprint density at radius 3 is 3.07 bits per heavy atom. The molecule has 3 heteroatoms. The molecule has 1 unspecified atom stereocenters. The molecule has 0 fully saturated rings. The molecule has 0 aromatic heterocycles. The van der Waals surface area contributed by atoms with E-state index in [0.29, 0.717) is 0 Å². The predicted molar refractivity (Wildman–Crippen MR) is 67.6 cm³/mol. The van der Waals surface area contributed by atoms with E-state index >= 15 is 0 Å². The number of aryl methyl sites for hydroxylation is 1. The summed E-state index contributed by atoms with van der Waals surface area (Å²) in [6.07, 6.45) is 5.73. The summed E-state index contributed by atoms with van der Waals surface area (Å²) in [5.41, 5.74) is 9.47. The third kappa shape index (κ3) is 2.26. The second-order valence-electron chi connectivity index (χ2n) is 3.97. The lowest BCUT2D eigenvalue weighted by Gasteiger charge is -2.21. The molecule has 15 heavy (non-hydrogen) atoms. The van der Waals surface area contributed by atoms with E-state index in [2.05, 4.69) is 15.3 Å². The van der Waals surface area contributed by atoms with E-state index in [1.165, 1.54) is 17.5 Å². The van der Waals surface area contributed by atoms with Gasteiger partial charge in [0.05, 0.1) is 12.3 Å². The van der Waals surface area contributed by atoms with Gasteiger partial charge in [0.25, 0.3) is 0 Å². The molecular formula is C12H18NOP. The fraction of sp³-hybridized carbons (Fsp3) is 0.500. The molecule has 0 saturated carbocycles. The first-order chi connectivity index (χ1) is 7.33. The van der Waals surface area contributed by atoms with Gasteiger partial charge in [-0.2, -0.15) is 0 Å². The second kappa shape index (κ2) is 4.85. The van der Waals surface area contributed by atoms with Crippen molar-refractivity contribution in [1.29, 1.82) is 0 Å². The van der Waals surface area contributed by atoms with Crippen LogP contribution in [-0.2, 0) is 12.8 Å².